The summed E-state index contributed by atoms with van der Waals surface area (Å²) in [5, 5.41) is 3.03. The summed E-state index contributed by atoms with van der Waals surface area (Å²) in [6.45, 7) is 0.699. The molecule has 0 bridgehead atoms. The van der Waals surface area contributed by atoms with Gasteiger partial charge < -0.3 is 15.1 Å². The highest BCUT2D eigenvalue weighted by molar-refractivity contribution is 6.00. The molecule has 2 fully saturated rings. The van der Waals surface area contributed by atoms with Crippen LogP contribution in [-0.4, -0.2) is 38.5 Å². The van der Waals surface area contributed by atoms with Crippen molar-refractivity contribution in [2.24, 2.45) is 5.41 Å². The van der Waals surface area contributed by atoms with Crippen LogP contribution in [0.5, 0.6) is 0 Å². The fourth-order valence-corrected chi connectivity index (χ4v) is 4.80. The third kappa shape index (κ3) is 3.91. The third-order valence-electron chi connectivity index (χ3n) is 6.46. The standard InChI is InChI=1S/C24H28FN3O2/c1-27(2)20-8-10-21(11-9-20)28-14-13-24(23(28)30)12-4-7-19(16-24)26-22(29)17-5-3-6-18(25)15-17/h3,5-6,8-11,15,19H,4,7,12-14,16H2,1-2H3,(H,26,29). The summed E-state index contributed by atoms with van der Waals surface area (Å²) < 4.78 is 13.4. The second kappa shape index (κ2) is 8.09. The van der Waals surface area contributed by atoms with Crippen LogP contribution in [0.3, 0.4) is 0 Å². The van der Waals surface area contributed by atoms with Gasteiger partial charge in [-0.3, -0.25) is 9.59 Å². The minimum atomic E-state index is -0.426. The molecule has 2 atom stereocenters. The Hall–Kier alpha value is -2.89. The first-order valence-electron chi connectivity index (χ1n) is 10.5. The molecule has 4 rings (SSSR count). The Morgan fingerprint density at radius 2 is 1.93 bits per heavy atom. The van der Waals surface area contributed by atoms with Gasteiger partial charge in [-0.15, -0.1) is 0 Å². The van der Waals surface area contributed by atoms with E-state index in [1.165, 1.54) is 18.2 Å². The lowest BCUT2D eigenvalue weighted by molar-refractivity contribution is -0.127. The van der Waals surface area contributed by atoms with E-state index in [1.807, 2.05) is 48.2 Å². The van der Waals surface area contributed by atoms with Gasteiger partial charge in [-0.1, -0.05) is 12.5 Å². The number of carbonyl (C=O) groups excluding carboxylic acids is 2. The number of hydrogen-bond acceptors (Lipinski definition) is 3. The molecule has 1 N–H and O–H groups in total. The summed E-state index contributed by atoms with van der Waals surface area (Å²) in [5.74, 6) is -0.549. The van der Waals surface area contributed by atoms with Crippen LogP contribution in [0, 0.1) is 11.2 Å². The van der Waals surface area contributed by atoms with Crippen molar-refractivity contribution in [2.75, 3.05) is 30.4 Å². The number of nitrogens with zero attached hydrogens (tertiary/aromatic N) is 2. The van der Waals surface area contributed by atoms with Crippen molar-refractivity contribution >= 4 is 23.2 Å². The fourth-order valence-electron chi connectivity index (χ4n) is 4.80. The van der Waals surface area contributed by atoms with Crippen molar-refractivity contribution in [1.82, 2.24) is 5.32 Å². The maximum absolute atomic E-state index is 13.4. The Morgan fingerprint density at radius 3 is 2.63 bits per heavy atom. The predicted octanol–water partition coefficient (Wildman–Crippen LogP) is 3.99. The quantitative estimate of drug-likeness (QED) is 0.831. The van der Waals surface area contributed by atoms with Crippen LogP contribution in [0.2, 0.25) is 0 Å². The van der Waals surface area contributed by atoms with Crippen molar-refractivity contribution in [2.45, 2.75) is 38.1 Å². The zero-order valence-corrected chi connectivity index (χ0v) is 17.5. The molecule has 2 aromatic carbocycles. The van der Waals surface area contributed by atoms with Crippen molar-refractivity contribution in [3.8, 4) is 0 Å². The number of anilines is 2. The van der Waals surface area contributed by atoms with E-state index in [1.54, 1.807) is 6.07 Å². The summed E-state index contributed by atoms with van der Waals surface area (Å²) in [5.41, 5.74) is 1.92. The fraction of sp³-hybridized carbons (Fsp3) is 0.417. The maximum atomic E-state index is 13.4. The summed E-state index contributed by atoms with van der Waals surface area (Å²) in [6.07, 6.45) is 4.03. The van der Waals surface area contributed by atoms with E-state index in [0.29, 0.717) is 18.5 Å². The summed E-state index contributed by atoms with van der Waals surface area (Å²) in [6, 6.07) is 13.7. The molecule has 1 saturated heterocycles. The monoisotopic (exact) mass is 409 g/mol. The molecule has 0 aromatic heterocycles. The molecule has 1 aliphatic heterocycles. The minimum absolute atomic E-state index is 0.0745. The Kier molecular flexibility index (Phi) is 5.50. The van der Waals surface area contributed by atoms with Crippen LogP contribution >= 0.6 is 0 Å². The lowest BCUT2D eigenvalue weighted by atomic mass is 9.71. The van der Waals surface area contributed by atoms with E-state index in [9.17, 15) is 14.0 Å². The molecule has 2 unspecified atom stereocenters. The SMILES string of the molecule is CN(C)c1ccc(N2CCC3(CCCC(NC(=O)c4cccc(F)c4)C3)C2=O)cc1. The number of amides is 2. The number of benzene rings is 2. The number of carbonyl (C=O) groups is 2. The van der Waals surface area contributed by atoms with Gasteiger partial charge in [0.25, 0.3) is 5.91 Å². The zero-order chi connectivity index (χ0) is 21.3. The summed E-state index contributed by atoms with van der Waals surface area (Å²) in [7, 11) is 3.98. The van der Waals surface area contributed by atoms with Gasteiger partial charge in [0, 0.05) is 43.6 Å². The van der Waals surface area contributed by atoms with Gasteiger partial charge in [0.2, 0.25) is 5.91 Å². The Balaban J connectivity index is 1.45. The Bertz CT molecular complexity index is 944. The van der Waals surface area contributed by atoms with Gasteiger partial charge in [-0.25, -0.2) is 4.39 Å². The van der Waals surface area contributed by atoms with Crippen LogP contribution in [0.4, 0.5) is 15.8 Å². The van der Waals surface area contributed by atoms with Crippen LogP contribution in [-0.2, 0) is 4.79 Å². The van der Waals surface area contributed by atoms with Crippen molar-refractivity contribution < 1.29 is 14.0 Å². The zero-order valence-electron chi connectivity index (χ0n) is 17.5. The Labute approximate surface area is 176 Å². The smallest absolute Gasteiger partial charge is 0.251 e. The predicted molar refractivity (Wildman–Crippen MR) is 116 cm³/mol. The number of nitrogens with one attached hydrogen (secondary N) is 1. The van der Waals surface area contributed by atoms with Gasteiger partial charge in [0.15, 0.2) is 0 Å². The average molecular weight is 410 g/mol. The van der Waals surface area contributed by atoms with Gasteiger partial charge >= 0.3 is 0 Å². The van der Waals surface area contributed by atoms with Crippen LogP contribution in [0.25, 0.3) is 0 Å². The third-order valence-corrected chi connectivity index (χ3v) is 6.46. The first-order chi connectivity index (χ1) is 14.4. The maximum Gasteiger partial charge on any atom is 0.251 e. The average Bonchev–Trinajstić information content (AvgIpc) is 3.03. The molecule has 1 saturated carbocycles. The molecule has 0 radical (unpaired) electrons. The number of hydrogen-bond donors (Lipinski definition) is 1. The molecule has 6 heteroatoms. The van der Waals surface area contributed by atoms with Gasteiger partial charge in [0.05, 0.1) is 5.41 Å². The van der Waals surface area contributed by atoms with E-state index in [2.05, 4.69) is 5.32 Å². The molecule has 2 amide bonds. The van der Waals surface area contributed by atoms with Crippen LogP contribution < -0.4 is 15.1 Å². The van der Waals surface area contributed by atoms with Crippen molar-refractivity contribution in [1.29, 1.82) is 0 Å². The molecule has 30 heavy (non-hydrogen) atoms. The van der Waals surface area contributed by atoms with E-state index in [-0.39, 0.29) is 17.9 Å². The molecular weight excluding hydrogens is 381 g/mol. The molecule has 1 spiro atoms. The first-order valence-corrected chi connectivity index (χ1v) is 10.5. The highest BCUT2D eigenvalue weighted by Gasteiger charge is 2.49. The molecule has 1 heterocycles. The lowest BCUT2D eigenvalue weighted by Crippen LogP contribution is -2.46. The highest BCUT2D eigenvalue weighted by Crippen LogP contribution is 2.46. The second-order valence-corrected chi connectivity index (χ2v) is 8.68. The number of rotatable bonds is 4. The van der Waals surface area contributed by atoms with Crippen LogP contribution in [0.15, 0.2) is 48.5 Å². The second-order valence-electron chi connectivity index (χ2n) is 8.68. The molecule has 1 aliphatic carbocycles. The largest absolute Gasteiger partial charge is 0.378 e. The topological polar surface area (TPSA) is 52.6 Å². The van der Waals surface area contributed by atoms with Gasteiger partial charge in [-0.05, 0) is 68.1 Å². The number of halogens is 1. The van der Waals surface area contributed by atoms with E-state index in [4.69, 9.17) is 0 Å². The molecule has 2 aromatic rings. The highest BCUT2D eigenvalue weighted by atomic mass is 19.1. The van der Waals surface area contributed by atoms with Gasteiger partial charge in [-0.2, -0.15) is 0 Å². The van der Waals surface area contributed by atoms with E-state index in [0.717, 1.165) is 37.1 Å². The molecule has 2 aliphatic rings. The van der Waals surface area contributed by atoms with Crippen molar-refractivity contribution in [3.63, 3.8) is 0 Å². The summed E-state index contributed by atoms with van der Waals surface area (Å²) in [4.78, 5) is 29.9. The Morgan fingerprint density at radius 1 is 1.17 bits per heavy atom. The van der Waals surface area contributed by atoms with Gasteiger partial charge in [0.1, 0.15) is 5.82 Å². The normalized spacial score (nSPS) is 23.6. The molecule has 5 nitrogen and oxygen atoms in total. The van der Waals surface area contributed by atoms with Crippen molar-refractivity contribution in [3.05, 3.63) is 59.9 Å². The molecule has 158 valence electrons. The van der Waals surface area contributed by atoms with E-state index >= 15 is 0 Å². The minimum Gasteiger partial charge on any atom is -0.378 e. The van der Waals surface area contributed by atoms with Crippen LogP contribution in [0.1, 0.15) is 42.5 Å². The van der Waals surface area contributed by atoms with E-state index < -0.39 is 11.2 Å². The molecular formula is C24H28FN3O2. The lowest BCUT2D eigenvalue weighted by Gasteiger charge is -2.37. The first kappa shape index (κ1) is 20.4. The summed E-state index contributed by atoms with van der Waals surface area (Å²) >= 11 is 0.